The van der Waals surface area contributed by atoms with Crippen LogP contribution >= 0.6 is 11.8 Å². The zero-order valence-electron chi connectivity index (χ0n) is 11.5. The van der Waals surface area contributed by atoms with Crippen LogP contribution in [0.3, 0.4) is 0 Å². The summed E-state index contributed by atoms with van der Waals surface area (Å²) in [6, 6.07) is 7.90. The zero-order valence-corrected chi connectivity index (χ0v) is 12.3. The first-order valence-electron chi connectivity index (χ1n) is 6.97. The van der Waals surface area contributed by atoms with E-state index in [0.29, 0.717) is 13.1 Å². The third-order valence-electron chi connectivity index (χ3n) is 4.30. The van der Waals surface area contributed by atoms with Crippen molar-refractivity contribution in [3.8, 4) is 0 Å². The summed E-state index contributed by atoms with van der Waals surface area (Å²) in [5.41, 5.74) is -0.620. The van der Waals surface area contributed by atoms with Crippen molar-refractivity contribution >= 4 is 23.6 Å². The van der Waals surface area contributed by atoms with Gasteiger partial charge in [-0.05, 0) is 11.6 Å². The van der Waals surface area contributed by atoms with Crippen LogP contribution in [0.2, 0.25) is 0 Å². The van der Waals surface area contributed by atoms with Gasteiger partial charge in [-0.3, -0.25) is 4.79 Å². The van der Waals surface area contributed by atoms with Crippen LogP contribution in [0.5, 0.6) is 0 Å². The summed E-state index contributed by atoms with van der Waals surface area (Å²) in [6.07, 6.45) is 0.186. The Balaban J connectivity index is 1.70. The maximum Gasteiger partial charge on any atom is 0.335 e. The molecule has 2 aliphatic rings. The second-order valence-electron chi connectivity index (χ2n) is 5.56. The van der Waals surface area contributed by atoms with Crippen LogP contribution in [0, 0.1) is 0 Å². The molecule has 0 saturated carbocycles. The molecule has 21 heavy (non-hydrogen) atoms. The van der Waals surface area contributed by atoms with Crippen LogP contribution in [0.4, 0.5) is 0 Å². The second-order valence-corrected chi connectivity index (χ2v) is 6.63. The monoisotopic (exact) mass is 307 g/mol. The van der Waals surface area contributed by atoms with Crippen LogP contribution in [0.25, 0.3) is 0 Å². The molecule has 0 aliphatic carbocycles. The number of aliphatic hydroxyl groups is 1. The molecule has 1 aromatic carbocycles. The molecule has 1 unspecified atom stereocenters. The van der Waals surface area contributed by atoms with E-state index < -0.39 is 11.6 Å². The molecule has 0 bridgehead atoms. The molecular weight excluding hydrogens is 290 g/mol. The maximum absolute atomic E-state index is 12.6. The summed E-state index contributed by atoms with van der Waals surface area (Å²) in [6.45, 7) is 0.593. The highest BCUT2D eigenvalue weighted by Crippen LogP contribution is 2.40. The first kappa shape index (κ1) is 14.4. The Morgan fingerprint density at radius 3 is 2.57 bits per heavy atom. The minimum absolute atomic E-state index is 0.0416. The number of carboxylic acids is 1. The molecule has 1 aromatic rings. The Kier molecular flexibility index (Phi) is 3.67. The van der Waals surface area contributed by atoms with E-state index >= 15 is 0 Å². The fraction of sp³-hybridized carbons (Fsp3) is 0.467. The van der Waals surface area contributed by atoms with Crippen molar-refractivity contribution < 1.29 is 19.8 Å². The Labute approximate surface area is 126 Å². The molecule has 2 aliphatic heterocycles. The van der Waals surface area contributed by atoms with Gasteiger partial charge in [-0.2, -0.15) is 0 Å². The minimum atomic E-state index is -1.68. The van der Waals surface area contributed by atoms with Crippen molar-refractivity contribution in [1.82, 2.24) is 4.90 Å². The molecule has 0 radical (unpaired) electrons. The van der Waals surface area contributed by atoms with E-state index in [9.17, 15) is 14.7 Å². The summed E-state index contributed by atoms with van der Waals surface area (Å²) in [5, 5.41) is 18.9. The van der Waals surface area contributed by atoms with E-state index in [0.717, 1.165) is 16.2 Å². The SMILES string of the molecule is O=C(C1CSc2ccccc21)N1CCC(O)(C(=O)O)CC1. The van der Waals surface area contributed by atoms with Gasteiger partial charge in [-0.1, -0.05) is 18.2 Å². The average Bonchev–Trinajstić information content (AvgIpc) is 2.91. The number of carboxylic acid groups (broad SMARTS) is 1. The first-order valence-corrected chi connectivity index (χ1v) is 7.96. The Morgan fingerprint density at radius 1 is 1.24 bits per heavy atom. The highest BCUT2D eigenvalue weighted by Gasteiger charge is 2.42. The number of carbonyl (C=O) groups is 2. The van der Waals surface area contributed by atoms with E-state index in [2.05, 4.69) is 0 Å². The van der Waals surface area contributed by atoms with Crippen LogP contribution in [0.1, 0.15) is 24.3 Å². The predicted octanol–water partition coefficient (Wildman–Crippen LogP) is 1.31. The number of amides is 1. The number of nitrogens with zero attached hydrogens (tertiary/aromatic N) is 1. The molecule has 0 spiro atoms. The molecule has 1 amide bonds. The van der Waals surface area contributed by atoms with Crippen LogP contribution < -0.4 is 0 Å². The predicted molar refractivity (Wildman–Crippen MR) is 78.3 cm³/mol. The molecule has 5 nitrogen and oxygen atoms in total. The quantitative estimate of drug-likeness (QED) is 0.861. The van der Waals surface area contributed by atoms with Crippen LogP contribution in [-0.4, -0.2) is 51.4 Å². The Morgan fingerprint density at radius 2 is 1.90 bits per heavy atom. The molecule has 2 heterocycles. The smallest absolute Gasteiger partial charge is 0.335 e. The lowest BCUT2D eigenvalue weighted by Crippen LogP contribution is -2.51. The van der Waals surface area contributed by atoms with Gasteiger partial charge in [0.15, 0.2) is 5.60 Å². The van der Waals surface area contributed by atoms with Crippen molar-refractivity contribution in [1.29, 1.82) is 0 Å². The number of piperidine rings is 1. The Hall–Kier alpha value is -1.53. The van der Waals surface area contributed by atoms with Gasteiger partial charge < -0.3 is 15.1 Å². The lowest BCUT2D eigenvalue weighted by molar-refractivity contribution is -0.165. The summed E-state index contributed by atoms with van der Waals surface area (Å²) < 4.78 is 0. The van der Waals surface area contributed by atoms with Gasteiger partial charge in [-0.25, -0.2) is 4.79 Å². The molecular formula is C15H17NO4S. The molecule has 2 N–H and O–H groups in total. The van der Waals surface area contributed by atoms with Gasteiger partial charge >= 0.3 is 5.97 Å². The molecule has 3 rings (SSSR count). The molecule has 0 aromatic heterocycles. The zero-order chi connectivity index (χ0) is 15.0. The summed E-state index contributed by atoms with van der Waals surface area (Å²) in [5.74, 6) is -0.573. The number of hydrogen-bond donors (Lipinski definition) is 2. The highest BCUT2D eigenvalue weighted by molar-refractivity contribution is 7.99. The lowest BCUT2D eigenvalue weighted by atomic mass is 9.90. The lowest BCUT2D eigenvalue weighted by Gasteiger charge is -2.36. The summed E-state index contributed by atoms with van der Waals surface area (Å²) in [7, 11) is 0. The van der Waals surface area contributed by atoms with E-state index in [4.69, 9.17) is 5.11 Å². The summed E-state index contributed by atoms with van der Waals surface area (Å²) in [4.78, 5) is 26.5. The first-order chi connectivity index (χ1) is 10.0. The van der Waals surface area contributed by atoms with Gasteiger partial charge in [0.25, 0.3) is 0 Å². The fourth-order valence-electron chi connectivity index (χ4n) is 2.90. The van der Waals surface area contributed by atoms with Gasteiger partial charge in [0.1, 0.15) is 0 Å². The molecule has 1 fully saturated rings. The summed E-state index contributed by atoms with van der Waals surface area (Å²) >= 11 is 1.68. The van der Waals surface area contributed by atoms with Crippen molar-refractivity contribution in [2.75, 3.05) is 18.8 Å². The molecule has 1 atom stereocenters. The standard InChI is InChI=1S/C15H17NO4S/c17-13(11-9-21-12-4-2-1-3-10(11)12)16-7-5-15(20,6-8-16)14(18)19/h1-4,11,20H,5-9H2,(H,18,19). The van der Waals surface area contributed by atoms with E-state index in [1.54, 1.807) is 16.7 Å². The highest BCUT2D eigenvalue weighted by atomic mass is 32.2. The number of thioether (sulfide) groups is 1. The van der Waals surface area contributed by atoms with Crippen molar-refractivity contribution in [2.45, 2.75) is 29.3 Å². The maximum atomic E-state index is 12.6. The molecule has 1 saturated heterocycles. The number of benzene rings is 1. The minimum Gasteiger partial charge on any atom is -0.479 e. The number of likely N-dealkylation sites (tertiary alicyclic amines) is 1. The van der Waals surface area contributed by atoms with Gasteiger partial charge in [0, 0.05) is 36.6 Å². The van der Waals surface area contributed by atoms with Crippen molar-refractivity contribution in [3.63, 3.8) is 0 Å². The van der Waals surface area contributed by atoms with Gasteiger partial charge in [0.05, 0.1) is 5.92 Å². The topological polar surface area (TPSA) is 77.8 Å². The van der Waals surface area contributed by atoms with E-state index in [-0.39, 0.29) is 24.7 Å². The van der Waals surface area contributed by atoms with Crippen LogP contribution in [0.15, 0.2) is 29.2 Å². The number of hydrogen-bond acceptors (Lipinski definition) is 4. The largest absolute Gasteiger partial charge is 0.479 e. The number of aliphatic carboxylic acids is 1. The van der Waals surface area contributed by atoms with Crippen molar-refractivity contribution in [3.05, 3.63) is 29.8 Å². The average molecular weight is 307 g/mol. The third kappa shape index (κ3) is 2.53. The second kappa shape index (κ2) is 5.35. The van der Waals surface area contributed by atoms with Gasteiger partial charge in [0.2, 0.25) is 5.91 Å². The number of rotatable bonds is 2. The van der Waals surface area contributed by atoms with Gasteiger partial charge in [-0.15, -0.1) is 11.8 Å². The normalized spacial score (nSPS) is 23.7. The van der Waals surface area contributed by atoms with E-state index in [1.807, 2.05) is 24.3 Å². The molecule has 6 heteroatoms. The van der Waals surface area contributed by atoms with Crippen molar-refractivity contribution in [2.24, 2.45) is 0 Å². The van der Waals surface area contributed by atoms with Crippen LogP contribution in [-0.2, 0) is 9.59 Å². The third-order valence-corrected chi connectivity index (χ3v) is 5.48. The fourth-order valence-corrected chi connectivity index (χ4v) is 4.12. The molecule has 112 valence electrons. The number of carbonyl (C=O) groups excluding carboxylic acids is 1. The Bertz CT molecular complexity index is 581. The van der Waals surface area contributed by atoms with E-state index in [1.165, 1.54) is 0 Å². The number of fused-ring (bicyclic) bond motifs is 1.